The molecule has 1 aromatic carbocycles. The molecule has 102 valence electrons. The van der Waals surface area contributed by atoms with Crippen molar-refractivity contribution in [3.63, 3.8) is 0 Å². The van der Waals surface area contributed by atoms with Gasteiger partial charge in [-0.2, -0.15) is 0 Å². The normalized spacial score (nSPS) is 11.6. The Hall–Kier alpha value is -1.23. The van der Waals surface area contributed by atoms with E-state index in [-0.39, 0.29) is 11.0 Å². The summed E-state index contributed by atoms with van der Waals surface area (Å²) in [6.07, 6.45) is 0. The molecule has 1 N–H and O–H groups in total. The third kappa shape index (κ3) is 4.56. The van der Waals surface area contributed by atoms with E-state index in [4.69, 9.17) is 4.74 Å². The van der Waals surface area contributed by atoms with Crippen molar-refractivity contribution in [1.82, 2.24) is 0 Å². The van der Waals surface area contributed by atoms with Gasteiger partial charge in [0.15, 0.2) is 9.84 Å². The first-order valence-corrected chi connectivity index (χ1v) is 7.85. The molecule has 0 spiro atoms. The minimum Gasteiger partial charge on any atom is -0.494 e. The van der Waals surface area contributed by atoms with Gasteiger partial charge in [-0.1, -0.05) is 0 Å². The third-order valence-electron chi connectivity index (χ3n) is 2.60. The van der Waals surface area contributed by atoms with E-state index in [0.29, 0.717) is 13.2 Å². The van der Waals surface area contributed by atoms with Crippen LogP contribution in [0, 0.1) is 0 Å². The predicted molar refractivity (Wildman–Crippen MR) is 75.0 cm³/mol. The van der Waals surface area contributed by atoms with Gasteiger partial charge in [0.05, 0.1) is 17.6 Å². The molecule has 0 unspecified atom stereocenters. The molecule has 0 aromatic heterocycles. The van der Waals surface area contributed by atoms with Crippen molar-refractivity contribution < 1.29 is 13.2 Å². The first-order chi connectivity index (χ1) is 8.45. The second-order valence-corrected chi connectivity index (χ2v) is 6.98. The monoisotopic (exact) mass is 271 g/mol. The van der Waals surface area contributed by atoms with E-state index in [1.54, 1.807) is 13.8 Å². The average Bonchev–Trinajstić information content (AvgIpc) is 2.31. The van der Waals surface area contributed by atoms with E-state index in [9.17, 15) is 8.42 Å². The summed E-state index contributed by atoms with van der Waals surface area (Å²) >= 11 is 0. The highest BCUT2D eigenvalue weighted by atomic mass is 32.2. The van der Waals surface area contributed by atoms with Crippen LogP contribution in [0.25, 0.3) is 0 Å². The Balaban J connectivity index is 2.45. The van der Waals surface area contributed by atoms with Crippen molar-refractivity contribution in [2.45, 2.75) is 26.0 Å². The van der Waals surface area contributed by atoms with Gasteiger partial charge in [0, 0.05) is 12.2 Å². The lowest BCUT2D eigenvalue weighted by Gasteiger charge is -2.10. The zero-order chi connectivity index (χ0) is 13.6. The lowest BCUT2D eigenvalue weighted by atomic mass is 10.3. The maximum atomic E-state index is 11.6. The highest BCUT2D eigenvalue weighted by molar-refractivity contribution is 7.92. The number of sulfone groups is 1. The summed E-state index contributed by atoms with van der Waals surface area (Å²) < 4.78 is 28.5. The van der Waals surface area contributed by atoms with Crippen molar-refractivity contribution >= 4 is 15.5 Å². The zero-order valence-corrected chi connectivity index (χ0v) is 12.0. The highest BCUT2D eigenvalue weighted by Crippen LogP contribution is 2.15. The standard InChI is InChI=1S/C13H21NO3S/c1-4-17-13-7-5-12(6-8-13)14-9-10-18(15,16)11(2)3/h5-8,11,14H,4,9-10H2,1-3H3. The largest absolute Gasteiger partial charge is 0.494 e. The van der Waals surface area contributed by atoms with Crippen LogP contribution in [0.4, 0.5) is 5.69 Å². The number of rotatable bonds is 7. The SMILES string of the molecule is CCOc1ccc(NCCS(=O)(=O)C(C)C)cc1. The molecule has 0 heterocycles. The summed E-state index contributed by atoms with van der Waals surface area (Å²) in [5.74, 6) is 0.968. The van der Waals surface area contributed by atoms with Gasteiger partial charge in [-0.25, -0.2) is 8.42 Å². The molecule has 4 nitrogen and oxygen atoms in total. The van der Waals surface area contributed by atoms with Crippen molar-refractivity contribution in [1.29, 1.82) is 0 Å². The van der Waals surface area contributed by atoms with Gasteiger partial charge in [0.2, 0.25) is 0 Å². The molecule has 5 heteroatoms. The second-order valence-electron chi connectivity index (χ2n) is 4.30. The van der Waals surface area contributed by atoms with E-state index in [1.807, 2.05) is 31.2 Å². The number of anilines is 1. The average molecular weight is 271 g/mol. The lowest BCUT2D eigenvalue weighted by molar-refractivity contribution is 0.340. The molecule has 1 aromatic rings. The number of hydrogen-bond donors (Lipinski definition) is 1. The van der Waals surface area contributed by atoms with Crippen LogP contribution < -0.4 is 10.1 Å². The zero-order valence-electron chi connectivity index (χ0n) is 11.1. The first kappa shape index (κ1) is 14.8. The fraction of sp³-hybridized carbons (Fsp3) is 0.538. The Morgan fingerprint density at radius 1 is 1.22 bits per heavy atom. The summed E-state index contributed by atoms with van der Waals surface area (Å²) in [6.45, 7) is 6.40. The van der Waals surface area contributed by atoms with Crippen molar-refractivity contribution in [2.75, 3.05) is 24.2 Å². The molecular weight excluding hydrogens is 250 g/mol. The highest BCUT2D eigenvalue weighted by Gasteiger charge is 2.14. The van der Waals surface area contributed by atoms with Crippen LogP contribution in [0.2, 0.25) is 0 Å². The molecule has 0 amide bonds. The van der Waals surface area contributed by atoms with Crippen LogP contribution in [0.5, 0.6) is 5.75 Å². The summed E-state index contributed by atoms with van der Waals surface area (Å²) in [7, 11) is -2.97. The molecule has 1 rings (SSSR count). The Morgan fingerprint density at radius 3 is 2.33 bits per heavy atom. The molecule has 18 heavy (non-hydrogen) atoms. The van der Waals surface area contributed by atoms with E-state index in [2.05, 4.69) is 5.32 Å². The van der Waals surface area contributed by atoms with Crippen LogP contribution in [-0.2, 0) is 9.84 Å². The van der Waals surface area contributed by atoms with Gasteiger partial charge < -0.3 is 10.1 Å². The smallest absolute Gasteiger partial charge is 0.154 e. The van der Waals surface area contributed by atoms with E-state index < -0.39 is 9.84 Å². The van der Waals surface area contributed by atoms with Gasteiger partial charge in [-0.3, -0.25) is 0 Å². The van der Waals surface area contributed by atoms with E-state index in [1.165, 1.54) is 0 Å². The molecule has 0 saturated heterocycles. The number of nitrogens with one attached hydrogen (secondary N) is 1. The molecule has 0 saturated carbocycles. The number of ether oxygens (including phenoxy) is 1. The maximum Gasteiger partial charge on any atom is 0.154 e. The van der Waals surface area contributed by atoms with E-state index in [0.717, 1.165) is 11.4 Å². The lowest BCUT2D eigenvalue weighted by Crippen LogP contribution is -2.22. The predicted octanol–water partition coefficient (Wildman–Crippen LogP) is 2.32. The Labute approximate surface area is 109 Å². The summed E-state index contributed by atoms with van der Waals surface area (Å²) in [4.78, 5) is 0. The maximum absolute atomic E-state index is 11.6. The van der Waals surface area contributed by atoms with Crippen LogP contribution in [0.1, 0.15) is 20.8 Å². The summed E-state index contributed by atoms with van der Waals surface area (Å²) in [6, 6.07) is 7.49. The molecular formula is C13H21NO3S. The molecule has 0 atom stereocenters. The van der Waals surface area contributed by atoms with Gasteiger partial charge in [0.25, 0.3) is 0 Å². The minimum absolute atomic E-state index is 0.151. The Kier molecular flexibility index (Phi) is 5.47. The second kappa shape index (κ2) is 6.64. The van der Waals surface area contributed by atoms with Crippen molar-refractivity contribution in [3.8, 4) is 5.75 Å². The topological polar surface area (TPSA) is 55.4 Å². The van der Waals surface area contributed by atoms with Crippen molar-refractivity contribution in [3.05, 3.63) is 24.3 Å². The summed E-state index contributed by atoms with van der Waals surface area (Å²) in [5, 5.41) is 2.77. The fourth-order valence-electron chi connectivity index (χ4n) is 1.41. The number of hydrogen-bond acceptors (Lipinski definition) is 4. The molecule has 0 aliphatic carbocycles. The quantitative estimate of drug-likeness (QED) is 0.827. The first-order valence-electron chi connectivity index (χ1n) is 6.14. The van der Waals surface area contributed by atoms with Crippen LogP contribution >= 0.6 is 0 Å². The molecule has 0 radical (unpaired) electrons. The molecule has 0 aliphatic heterocycles. The molecule has 0 bridgehead atoms. The summed E-state index contributed by atoms with van der Waals surface area (Å²) in [5.41, 5.74) is 0.900. The van der Waals surface area contributed by atoms with Gasteiger partial charge in [-0.05, 0) is 45.0 Å². The number of benzene rings is 1. The Morgan fingerprint density at radius 2 is 1.83 bits per heavy atom. The third-order valence-corrected chi connectivity index (χ3v) is 4.81. The van der Waals surface area contributed by atoms with Gasteiger partial charge >= 0.3 is 0 Å². The van der Waals surface area contributed by atoms with Crippen LogP contribution in [0.15, 0.2) is 24.3 Å². The molecule has 0 fully saturated rings. The Bertz CT molecular complexity index is 452. The van der Waals surface area contributed by atoms with E-state index >= 15 is 0 Å². The van der Waals surface area contributed by atoms with Crippen LogP contribution in [-0.4, -0.2) is 32.6 Å². The van der Waals surface area contributed by atoms with Crippen molar-refractivity contribution in [2.24, 2.45) is 0 Å². The molecule has 0 aliphatic rings. The van der Waals surface area contributed by atoms with Gasteiger partial charge in [-0.15, -0.1) is 0 Å². The fourth-order valence-corrected chi connectivity index (χ4v) is 2.27. The minimum atomic E-state index is -2.97. The van der Waals surface area contributed by atoms with Crippen LogP contribution in [0.3, 0.4) is 0 Å². The van der Waals surface area contributed by atoms with Gasteiger partial charge in [0.1, 0.15) is 5.75 Å².